The topological polar surface area (TPSA) is 17.1 Å². The number of rotatable bonds is 2. The molecule has 2 atom stereocenters. The number of benzene rings is 1. The first-order valence-corrected chi connectivity index (χ1v) is 4.98. The summed E-state index contributed by atoms with van der Waals surface area (Å²) >= 11 is 0. The third-order valence-corrected chi connectivity index (χ3v) is 2.95. The molecule has 2 rings (SSSR count). The van der Waals surface area contributed by atoms with Crippen LogP contribution >= 0.6 is 0 Å². The molecule has 1 aromatic carbocycles. The first kappa shape index (κ1) is 9.20. The van der Waals surface area contributed by atoms with Gasteiger partial charge in [-0.2, -0.15) is 0 Å². The van der Waals surface area contributed by atoms with Crippen LogP contribution in [0.5, 0.6) is 0 Å². The quantitative estimate of drug-likeness (QED) is 0.512. The Bertz CT molecular complexity index is 340. The summed E-state index contributed by atoms with van der Waals surface area (Å²) < 4.78 is 0. The van der Waals surface area contributed by atoms with Gasteiger partial charge in [-0.05, 0) is 24.3 Å². The van der Waals surface area contributed by atoms with Gasteiger partial charge in [-0.1, -0.05) is 42.5 Å². The predicted molar refractivity (Wildman–Crippen MR) is 57.1 cm³/mol. The van der Waals surface area contributed by atoms with Gasteiger partial charge in [0.25, 0.3) is 0 Å². The van der Waals surface area contributed by atoms with Gasteiger partial charge >= 0.3 is 0 Å². The minimum Gasteiger partial charge on any atom is -0.303 e. The largest absolute Gasteiger partial charge is 0.303 e. The van der Waals surface area contributed by atoms with Gasteiger partial charge in [-0.15, -0.1) is 0 Å². The van der Waals surface area contributed by atoms with Crippen LogP contribution in [-0.2, 0) is 4.79 Å². The van der Waals surface area contributed by atoms with Crippen molar-refractivity contribution in [2.24, 2.45) is 5.92 Å². The van der Waals surface area contributed by atoms with Gasteiger partial charge in [0.15, 0.2) is 0 Å². The highest BCUT2D eigenvalue weighted by Crippen LogP contribution is 2.40. The number of hydrogen-bond acceptors (Lipinski definition) is 1. The highest BCUT2D eigenvalue weighted by molar-refractivity contribution is 5.58. The lowest BCUT2D eigenvalue weighted by molar-refractivity contribution is -0.111. The molecular formula is C13H14O. The maximum absolute atomic E-state index is 10.9. The van der Waals surface area contributed by atoms with Crippen LogP contribution in [0, 0.1) is 5.92 Å². The van der Waals surface area contributed by atoms with E-state index in [-0.39, 0.29) is 5.92 Å². The molecule has 1 fully saturated rings. The highest BCUT2D eigenvalue weighted by Gasteiger charge is 2.30. The minimum atomic E-state index is 0.143. The van der Waals surface area contributed by atoms with Gasteiger partial charge in [0, 0.05) is 5.92 Å². The number of aldehydes is 1. The normalized spacial score (nSPS) is 26.4. The third kappa shape index (κ3) is 1.63. The van der Waals surface area contributed by atoms with Crippen molar-refractivity contribution in [3.63, 3.8) is 0 Å². The fraction of sp³-hybridized carbons (Fsp3) is 0.308. The molecule has 1 nitrogen and oxygen atoms in total. The average molecular weight is 186 g/mol. The van der Waals surface area contributed by atoms with Crippen molar-refractivity contribution in [1.82, 2.24) is 0 Å². The van der Waals surface area contributed by atoms with Crippen molar-refractivity contribution in [2.45, 2.75) is 18.8 Å². The van der Waals surface area contributed by atoms with Crippen LogP contribution in [0.25, 0.3) is 0 Å². The maximum Gasteiger partial charge on any atom is 0.124 e. The molecular weight excluding hydrogens is 172 g/mol. The molecule has 1 aliphatic rings. The Morgan fingerprint density at radius 1 is 1.21 bits per heavy atom. The van der Waals surface area contributed by atoms with Crippen LogP contribution in [0.1, 0.15) is 24.3 Å². The van der Waals surface area contributed by atoms with Gasteiger partial charge in [0.1, 0.15) is 6.29 Å². The zero-order chi connectivity index (χ0) is 9.97. The molecule has 1 heteroatoms. The van der Waals surface area contributed by atoms with Gasteiger partial charge < -0.3 is 4.79 Å². The highest BCUT2D eigenvalue weighted by atomic mass is 16.1. The Labute approximate surface area is 84.5 Å². The van der Waals surface area contributed by atoms with Gasteiger partial charge in [0.2, 0.25) is 0 Å². The van der Waals surface area contributed by atoms with Gasteiger partial charge in [-0.25, -0.2) is 0 Å². The molecule has 0 aromatic heterocycles. The summed E-state index contributed by atoms with van der Waals surface area (Å²) in [6, 6.07) is 10.2. The molecule has 0 spiro atoms. The summed E-state index contributed by atoms with van der Waals surface area (Å²) in [5.74, 6) is 0.506. The maximum atomic E-state index is 10.9. The van der Waals surface area contributed by atoms with Crippen molar-refractivity contribution in [3.05, 3.63) is 48.0 Å². The van der Waals surface area contributed by atoms with Crippen LogP contribution in [0.15, 0.2) is 42.5 Å². The fourth-order valence-corrected chi connectivity index (χ4v) is 2.23. The summed E-state index contributed by atoms with van der Waals surface area (Å²) in [6.07, 6.45) is 2.91. The van der Waals surface area contributed by atoms with Crippen LogP contribution in [0.2, 0.25) is 0 Å². The SMILES string of the molecule is C=C1C[C@@H](C=O)[C@H](c2ccccc2)C1. The lowest BCUT2D eigenvalue weighted by atomic mass is 9.90. The second-order valence-corrected chi connectivity index (χ2v) is 3.98. The second kappa shape index (κ2) is 3.79. The van der Waals surface area contributed by atoms with E-state index in [2.05, 4.69) is 18.7 Å². The van der Waals surface area contributed by atoms with Crippen molar-refractivity contribution in [3.8, 4) is 0 Å². The average Bonchev–Trinajstić information content (AvgIpc) is 2.61. The van der Waals surface area contributed by atoms with Crippen LogP contribution < -0.4 is 0 Å². The first-order chi connectivity index (χ1) is 6.81. The number of hydrogen-bond donors (Lipinski definition) is 0. The second-order valence-electron chi connectivity index (χ2n) is 3.98. The zero-order valence-corrected chi connectivity index (χ0v) is 8.15. The Balaban J connectivity index is 2.26. The molecule has 0 N–H and O–H groups in total. The monoisotopic (exact) mass is 186 g/mol. The molecule has 0 radical (unpaired) electrons. The summed E-state index contributed by atoms with van der Waals surface area (Å²) in [4.78, 5) is 10.9. The lowest BCUT2D eigenvalue weighted by Crippen LogP contribution is -2.06. The fourth-order valence-electron chi connectivity index (χ4n) is 2.23. The van der Waals surface area contributed by atoms with E-state index in [0.29, 0.717) is 5.92 Å². The molecule has 0 saturated heterocycles. The summed E-state index contributed by atoms with van der Waals surface area (Å²) in [6.45, 7) is 3.97. The molecule has 1 saturated carbocycles. The Kier molecular flexibility index (Phi) is 2.49. The minimum absolute atomic E-state index is 0.143. The van der Waals surface area contributed by atoms with Crippen LogP contribution in [0.3, 0.4) is 0 Å². The van der Waals surface area contributed by atoms with Crippen molar-refractivity contribution >= 4 is 6.29 Å². The molecule has 0 unspecified atom stereocenters. The molecule has 72 valence electrons. The van der Waals surface area contributed by atoms with E-state index >= 15 is 0 Å². The Morgan fingerprint density at radius 3 is 2.57 bits per heavy atom. The molecule has 14 heavy (non-hydrogen) atoms. The van der Waals surface area contributed by atoms with E-state index in [1.807, 2.05) is 18.2 Å². The van der Waals surface area contributed by atoms with Crippen LogP contribution in [-0.4, -0.2) is 6.29 Å². The summed E-state index contributed by atoms with van der Waals surface area (Å²) in [5, 5.41) is 0. The van der Waals surface area contributed by atoms with Crippen molar-refractivity contribution in [2.75, 3.05) is 0 Å². The van der Waals surface area contributed by atoms with Crippen LogP contribution in [0.4, 0.5) is 0 Å². The molecule has 0 heterocycles. The van der Waals surface area contributed by atoms with E-state index in [9.17, 15) is 4.79 Å². The predicted octanol–water partition coefficient (Wildman–Crippen LogP) is 2.94. The first-order valence-electron chi connectivity index (χ1n) is 4.98. The number of carbonyl (C=O) groups is 1. The summed E-state index contributed by atoms with van der Waals surface area (Å²) in [5.41, 5.74) is 2.47. The van der Waals surface area contributed by atoms with E-state index in [0.717, 1.165) is 19.1 Å². The smallest absolute Gasteiger partial charge is 0.124 e. The van der Waals surface area contributed by atoms with Gasteiger partial charge in [-0.3, -0.25) is 0 Å². The number of allylic oxidation sites excluding steroid dienone is 1. The third-order valence-electron chi connectivity index (χ3n) is 2.95. The Morgan fingerprint density at radius 2 is 1.93 bits per heavy atom. The van der Waals surface area contributed by atoms with E-state index in [1.165, 1.54) is 11.1 Å². The standard InChI is InChI=1S/C13H14O/c1-10-7-12(9-14)13(8-10)11-5-3-2-4-6-11/h2-6,9,12-13H,1,7-8H2/t12-,13-/m0/s1. The van der Waals surface area contributed by atoms with E-state index < -0.39 is 0 Å². The van der Waals surface area contributed by atoms with Gasteiger partial charge in [0.05, 0.1) is 0 Å². The molecule has 1 aromatic rings. The molecule has 0 bridgehead atoms. The van der Waals surface area contributed by atoms with Crippen molar-refractivity contribution in [1.29, 1.82) is 0 Å². The number of carbonyl (C=O) groups excluding carboxylic acids is 1. The molecule has 0 aliphatic heterocycles. The zero-order valence-electron chi connectivity index (χ0n) is 8.15. The Hall–Kier alpha value is -1.37. The van der Waals surface area contributed by atoms with Crippen molar-refractivity contribution < 1.29 is 4.79 Å². The lowest BCUT2D eigenvalue weighted by Gasteiger charge is -2.13. The molecule has 0 amide bonds. The summed E-state index contributed by atoms with van der Waals surface area (Å²) in [7, 11) is 0. The molecule has 1 aliphatic carbocycles. The van der Waals surface area contributed by atoms with E-state index in [4.69, 9.17) is 0 Å². The van der Waals surface area contributed by atoms with E-state index in [1.54, 1.807) is 0 Å².